The number of carbonyl (C=O) groups excluding carboxylic acids is 1. The van der Waals surface area contributed by atoms with Crippen LogP contribution in [0.1, 0.15) is 11.6 Å². The highest BCUT2D eigenvalue weighted by molar-refractivity contribution is 5.87. The molecule has 6 nitrogen and oxygen atoms in total. The summed E-state index contributed by atoms with van der Waals surface area (Å²) in [4.78, 5) is 23.1. The summed E-state index contributed by atoms with van der Waals surface area (Å²) in [7, 11) is 0. The lowest BCUT2D eigenvalue weighted by Gasteiger charge is -2.24. The Morgan fingerprint density at radius 2 is 2.00 bits per heavy atom. The predicted octanol–water partition coefficient (Wildman–Crippen LogP) is 0.344. The molecule has 19 heavy (non-hydrogen) atoms. The molecule has 1 amide bonds. The molecule has 1 heterocycles. The van der Waals surface area contributed by atoms with Crippen LogP contribution in [0.3, 0.4) is 0 Å². The fourth-order valence-electron chi connectivity index (χ4n) is 1.81. The van der Waals surface area contributed by atoms with Gasteiger partial charge in [0.15, 0.2) is 12.1 Å². The Labute approximate surface area is 110 Å². The van der Waals surface area contributed by atoms with Crippen molar-refractivity contribution in [3.63, 3.8) is 0 Å². The summed E-state index contributed by atoms with van der Waals surface area (Å²) in [5.74, 6) is -1.59. The SMILES string of the molecule is O=C(O)[C@@H](NC(=O)[C@H]1COCCO1)c1ccccc1. The number of ether oxygens (including phenoxy) is 2. The number of carboxylic acid groups (broad SMARTS) is 1. The van der Waals surface area contributed by atoms with Gasteiger partial charge >= 0.3 is 5.97 Å². The highest BCUT2D eigenvalue weighted by atomic mass is 16.6. The molecule has 0 aliphatic carbocycles. The van der Waals surface area contributed by atoms with Crippen LogP contribution in [0, 0.1) is 0 Å². The largest absolute Gasteiger partial charge is 0.479 e. The third-order valence-corrected chi connectivity index (χ3v) is 2.77. The predicted molar refractivity (Wildman–Crippen MR) is 65.5 cm³/mol. The molecule has 1 saturated heterocycles. The number of carboxylic acids is 1. The van der Waals surface area contributed by atoms with E-state index in [4.69, 9.17) is 9.47 Å². The molecule has 1 aromatic carbocycles. The van der Waals surface area contributed by atoms with E-state index in [1.54, 1.807) is 30.3 Å². The van der Waals surface area contributed by atoms with Crippen LogP contribution in [0.5, 0.6) is 0 Å². The van der Waals surface area contributed by atoms with Gasteiger partial charge in [-0.05, 0) is 5.56 Å². The van der Waals surface area contributed by atoms with E-state index in [0.717, 1.165) is 0 Å². The standard InChI is InChI=1S/C13H15NO5/c15-12(10-8-18-6-7-19-10)14-11(13(16)17)9-4-2-1-3-5-9/h1-5,10-11H,6-8H2,(H,14,15)(H,16,17)/t10-,11+/m1/s1. The van der Waals surface area contributed by atoms with Crippen LogP contribution in [0.4, 0.5) is 0 Å². The molecule has 102 valence electrons. The first-order valence-corrected chi connectivity index (χ1v) is 5.96. The Morgan fingerprint density at radius 3 is 2.58 bits per heavy atom. The average molecular weight is 265 g/mol. The Balaban J connectivity index is 2.04. The zero-order valence-corrected chi connectivity index (χ0v) is 10.2. The van der Waals surface area contributed by atoms with Crippen LogP contribution in [0.25, 0.3) is 0 Å². The van der Waals surface area contributed by atoms with Gasteiger partial charge in [-0.15, -0.1) is 0 Å². The van der Waals surface area contributed by atoms with Crippen molar-refractivity contribution in [1.82, 2.24) is 5.32 Å². The monoisotopic (exact) mass is 265 g/mol. The van der Waals surface area contributed by atoms with Gasteiger partial charge in [0.05, 0.1) is 19.8 Å². The minimum absolute atomic E-state index is 0.146. The molecule has 1 aromatic rings. The molecule has 2 rings (SSSR count). The minimum Gasteiger partial charge on any atom is -0.479 e. The van der Waals surface area contributed by atoms with Crippen molar-refractivity contribution in [1.29, 1.82) is 0 Å². The van der Waals surface area contributed by atoms with Gasteiger partial charge < -0.3 is 19.9 Å². The summed E-state index contributed by atoms with van der Waals surface area (Å²) in [6.07, 6.45) is -0.751. The maximum Gasteiger partial charge on any atom is 0.330 e. The Morgan fingerprint density at radius 1 is 1.26 bits per heavy atom. The molecule has 2 atom stereocenters. The first kappa shape index (κ1) is 13.5. The molecule has 1 aliphatic rings. The van der Waals surface area contributed by atoms with Gasteiger partial charge in [0, 0.05) is 0 Å². The van der Waals surface area contributed by atoms with Crippen molar-refractivity contribution < 1.29 is 24.2 Å². The highest BCUT2D eigenvalue weighted by Gasteiger charge is 2.28. The van der Waals surface area contributed by atoms with Crippen molar-refractivity contribution in [2.45, 2.75) is 12.1 Å². The number of hydrogen-bond donors (Lipinski definition) is 2. The van der Waals surface area contributed by atoms with Crippen LogP contribution < -0.4 is 5.32 Å². The van der Waals surface area contributed by atoms with Gasteiger partial charge in [-0.2, -0.15) is 0 Å². The smallest absolute Gasteiger partial charge is 0.330 e. The molecule has 6 heteroatoms. The second kappa shape index (κ2) is 6.31. The topological polar surface area (TPSA) is 84.9 Å². The normalized spacial score (nSPS) is 20.5. The summed E-state index contributed by atoms with van der Waals surface area (Å²) >= 11 is 0. The number of rotatable bonds is 4. The lowest BCUT2D eigenvalue weighted by atomic mass is 10.1. The lowest BCUT2D eigenvalue weighted by Crippen LogP contribution is -2.45. The van der Waals surface area contributed by atoms with Crippen molar-refractivity contribution in [2.75, 3.05) is 19.8 Å². The van der Waals surface area contributed by atoms with Gasteiger partial charge in [0.1, 0.15) is 0 Å². The second-order valence-corrected chi connectivity index (χ2v) is 4.12. The molecule has 0 unspecified atom stereocenters. The van der Waals surface area contributed by atoms with Crippen LogP contribution in [-0.4, -0.2) is 42.9 Å². The second-order valence-electron chi connectivity index (χ2n) is 4.12. The summed E-state index contributed by atoms with van der Waals surface area (Å²) in [6, 6.07) is 7.44. The molecule has 0 saturated carbocycles. The fourth-order valence-corrected chi connectivity index (χ4v) is 1.81. The molecule has 2 N–H and O–H groups in total. The summed E-state index contributed by atoms with van der Waals surface area (Å²) in [5, 5.41) is 11.6. The molecule has 0 spiro atoms. The summed E-state index contributed by atoms with van der Waals surface area (Å²) in [5.41, 5.74) is 0.514. The van der Waals surface area contributed by atoms with E-state index in [9.17, 15) is 14.7 Å². The Bertz CT molecular complexity index is 442. The zero-order chi connectivity index (χ0) is 13.7. The van der Waals surface area contributed by atoms with Gasteiger partial charge in [0.2, 0.25) is 0 Å². The number of nitrogens with one attached hydrogen (secondary N) is 1. The van der Waals surface area contributed by atoms with Crippen LogP contribution >= 0.6 is 0 Å². The summed E-state index contributed by atoms with van der Waals surface area (Å²) < 4.78 is 10.3. The third-order valence-electron chi connectivity index (χ3n) is 2.77. The summed E-state index contributed by atoms with van der Waals surface area (Å²) in [6.45, 7) is 0.930. The minimum atomic E-state index is -1.11. The van der Waals surface area contributed by atoms with E-state index in [2.05, 4.69) is 5.32 Å². The van der Waals surface area contributed by atoms with Crippen molar-refractivity contribution in [3.05, 3.63) is 35.9 Å². The van der Waals surface area contributed by atoms with Gasteiger partial charge in [0.25, 0.3) is 5.91 Å². The Hall–Kier alpha value is -1.92. The van der Waals surface area contributed by atoms with Crippen molar-refractivity contribution >= 4 is 11.9 Å². The van der Waals surface area contributed by atoms with E-state index >= 15 is 0 Å². The van der Waals surface area contributed by atoms with Gasteiger partial charge in [-0.25, -0.2) is 4.79 Å². The number of carbonyl (C=O) groups is 2. The van der Waals surface area contributed by atoms with Crippen LogP contribution in [0.2, 0.25) is 0 Å². The molecular weight excluding hydrogens is 250 g/mol. The molecule has 1 fully saturated rings. The van der Waals surface area contributed by atoms with Crippen molar-refractivity contribution in [3.8, 4) is 0 Å². The van der Waals surface area contributed by atoms with E-state index < -0.39 is 24.0 Å². The van der Waals surface area contributed by atoms with E-state index in [-0.39, 0.29) is 6.61 Å². The van der Waals surface area contributed by atoms with Gasteiger partial charge in [-0.1, -0.05) is 30.3 Å². The fraction of sp³-hybridized carbons (Fsp3) is 0.385. The molecule has 0 bridgehead atoms. The van der Waals surface area contributed by atoms with Gasteiger partial charge in [-0.3, -0.25) is 4.79 Å². The van der Waals surface area contributed by atoms with E-state index in [0.29, 0.717) is 18.8 Å². The third kappa shape index (κ3) is 3.52. The van der Waals surface area contributed by atoms with Crippen LogP contribution in [-0.2, 0) is 19.1 Å². The Kier molecular flexibility index (Phi) is 4.48. The molecule has 0 aromatic heterocycles. The zero-order valence-electron chi connectivity index (χ0n) is 10.2. The lowest BCUT2D eigenvalue weighted by molar-refractivity contribution is -0.152. The maximum atomic E-state index is 11.9. The quantitative estimate of drug-likeness (QED) is 0.820. The highest BCUT2D eigenvalue weighted by Crippen LogP contribution is 2.13. The maximum absolute atomic E-state index is 11.9. The van der Waals surface area contributed by atoms with E-state index in [1.807, 2.05) is 0 Å². The number of aliphatic carboxylic acids is 1. The van der Waals surface area contributed by atoms with Crippen LogP contribution in [0.15, 0.2) is 30.3 Å². The first-order chi connectivity index (χ1) is 9.18. The molecular formula is C13H15NO5. The number of hydrogen-bond acceptors (Lipinski definition) is 4. The number of benzene rings is 1. The molecule has 1 aliphatic heterocycles. The average Bonchev–Trinajstić information content (AvgIpc) is 2.46. The molecule has 0 radical (unpaired) electrons. The van der Waals surface area contributed by atoms with Crippen molar-refractivity contribution in [2.24, 2.45) is 0 Å². The number of amides is 1. The van der Waals surface area contributed by atoms with E-state index in [1.165, 1.54) is 0 Å². The first-order valence-electron chi connectivity index (χ1n) is 5.96.